The standard InChI is InChI=1S/C23H25ClO3/c1-4-26-23(25)20-14-19(15(2)3)21(17-10-12-18(24)13-11-17)27-22(20)16-8-6-5-7-9-16/h5-13,19-22H,2,4,14H2,1,3H3/t19-,20+,21-,22+/m0/s1. The molecule has 0 saturated carbocycles. The fraction of sp³-hybridized carbons (Fsp3) is 0.348. The van der Waals surface area contributed by atoms with E-state index in [2.05, 4.69) is 6.58 Å². The van der Waals surface area contributed by atoms with Gasteiger partial charge < -0.3 is 9.47 Å². The molecule has 1 saturated heterocycles. The van der Waals surface area contributed by atoms with Gasteiger partial charge in [-0.1, -0.05) is 66.2 Å². The number of rotatable bonds is 5. The van der Waals surface area contributed by atoms with Gasteiger partial charge in [0.2, 0.25) is 0 Å². The van der Waals surface area contributed by atoms with E-state index in [0.717, 1.165) is 16.7 Å². The van der Waals surface area contributed by atoms with Crippen LogP contribution >= 0.6 is 11.6 Å². The summed E-state index contributed by atoms with van der Waals surface area (Å²) in [4.78, 5) is 12.7. The minimum atomic E-state index is -0.363. The molecule has 1 aliphatic heterocycles. The van der Waals surface area contributed by atoms with Crippen molar-refractivity contribution in [3.63, 3.8) is 0 Å². The number of hydrogen-bond acceptors (Lipinski definition) is 3. The number of carbonyl (C=O) groups is 1. The first-order chi connectivity index (χ1) is 13.0. The fourth-order valence-electron chi connectivity index (χ4n) is 3.71. The maximum Gasteiger partial charge on any atom is 0.311 e. The summed E-state index contributed by atoms with van der Waals surface area (Å²) in [5, 5.41) is 0.686. The molecule has 3 nitrogen and oxygen atoms in total. The van der Waals surface area contributed by atoms with Gasteiger partial charge in [0.25, 0.3) is 0 Å². The van der Waals surface area contributed by atoms with Crippen LogP contribution in [0.5, 0.6) is 0 Å². The van der Waals surface area contributed by atoms with E-state index in [1.807, 2.05) is 68.4 Å². The first kappa shape index (κ1) is 19.7. The van der Waals surface area contributed by atoms with Gasteiger partial charge in [0.05, 0.1) is 24.7 Å². The van der Waals surface area contributed by atoms with Crippen molar-refractivity contribution >= 4 is 17.6 Å². The van der Waals surface area contributed by atoms with Crippen LogP contribution in [-0.4, -0.2) is 12.6 Å². The minimum absolute atomic E-state index is 0.0283. The third-order valence-electron chi connectivity index (χ3n) is 5.08. The highest BCUT2D eigenvalue weighted by atomic mass is 35.5. The molecule has 2 aromatic rings. The van der Waals surface area contributed by atoms with Crippen molar-refractivity contribution in [2.45, 2.75) is 32.5 Å². The van der Waals surface area contributed by atoms with Gasteiger partial charge in [0.15, 0.2) is 0 Å². The number of ether oxygens (including phenoxy) is 2. The van der Waals surface area contributed by atoms with E-state index in [1.165, 1.54) is 0 Å². The third kappa shape index (κ3) is 4.42. The molecule has 0 aliphatic carbocycles. The predicted octanol–water partition coefficient (Wildman–Crippen LogP) is 5.91. The Labute approximate surface area is 165 Å². The Kier molecular flexibility index (Phi) is 6.35. The molecule has 27 heavy (non-hydrogen) atoms. The monoisotopic (exact) mass is 384 g/mol. The first-order valence-corrected chi connectivity index (χ1v) is 9.67. The van der Waals surface area contributed by atoms with Crippen LogP contribution < -0.4 is 0 Å². The van der Waals surface area contributed by atoms with E-state index in [-0.39, 0.29) is 30.0 Å². The lowest BCUT2D eigenvalue weighted by atomic mass is 9.76. The second-order valence-corrected chi connectivity index (χ2v) is 7.42. The van der Waals surface area contributed by atoms with Crippen molar-refractivity contribution in [3.8, 4) is 0 Å². The Bertz CT molecular complexity index is 785. The summed E-state index contributed by atoms with van der Waals surface area (Å²) in [5.41, 5.74) is 3.01. The van der Waals surface area contributed by atoms with Gasteiger partial charge in [0.1, 0.15) is 0 Å². The van der Waals surface area contributed by atoms with Gasteiger partial charge in [-0.05, 0) is 43.5 Å². The summed E-state index contributed by atoms with van der Waals surface area (Å²) >= 11 is 6.05. The molecule has 1 fully saturated rings. The van der Waals surface area contributed by atoms with Crippen LogP contribution in [0.15, 0.2) is 66.7 Å². The largest absolute Gasteiger partial charge is 0.466 e. The molecule has 0 N–H and O–H groups in total. The summed E-state index contributed by atoms with van der Waals surface area (Å²) in [6.45, 7) is 8.32. The lowest BCUT2D eigenvalue weighted by Gasteiger charge is -2.41. The number of benzene rings is 2. The molecule has 142 valence electrons. The van der Waals surface area contributed by atoms with Crippen molar-refractivity contribution in [2.75, 3.05) is 6.61 Å². The van der Waals surface area contributed by atoms with E-state index in [4.69, 9.17) is 21.1 Å². The quantitative estimate of drug-likeness (QED) is 0.474. The molecule has 4 heteroatoms. The highest BCUT2D eigenvalue weighted by Gasteiger charge is 2.43. The zero-order valence-electron chi connectivity index (χ0n) is 15.7. The van der Waals surface area contributed by atoms with Crippen LogP contribution in [0.2, 0.25) is 5.02 Å². The number of hydrogen-bond donors (Lipinski definition) is 0. The van der Waals surface area contributed by atoms with Crippen LogP contribution in [-0.2, 0) is 14.3 Å². The minimum Gasteiger partial charge on any atom is -0.466 e. The average molecular weight is 385 g/mol. The Morgan fingerprint density at radius 2 is 1.67 bits per heavy atom. The molecular weight excluding hydrogens is 360 g/mol. The SMILES string of the molecule is C=C(C)[C@@H]1C[C@@H](C(=O)OCC)[C@@H](c2ccccc2)O[C@H]1c1ccc(Cl)cc1. The lowest BCUT2D eigenvalue weighted by molar-refractivity contribution is -0.169. The van der Waals surface area contributed by atoms with Gasteiger partial charge in [-0.25, -0.2) is 0 Å². The van der Waals surface area contributed by atoms with Gasteiger partial charge in [-0.3, -0.25) is 4.79 Å². The molecule has 1 heterocycles. The number of halogens is 1. The zero-order chi connectivity index (χ0) is 19.4. The highest BCUT2D eigenvalue weighted by Crippen LogP contribution is 2.48. The van der Waals surface area contributed by atoms with Crippen LogP contribution in [0, 0.1) is 11.8 Å². The van der Waals surface area contributed by atoms with E-state index in [1.54, 1.807) is 0 Å². The zero-order valence-corrected chi connectivity index (χ0v) is 16.5. The molecule has 1 aliphatic rings. The van der Waals surface area contributed by atoms with Crippen molar-refractivity contribution in [1.82, 2.24) is 0 Å². The van der Waals surface area contributed by atoms with Crippen molar-refractivity contribution in [2.24, 2.45) is 11.8 Å². The maximum absolute atomic E-state index is 12.7. The molecule has 2 aromatic carbocycles. The summed E-state index contributed by atoms with van der Waals surface area (Å²) in [6.07, 6.45) is 0.0956. The van der Waals surface area contributed by atoms with Gasteiger partial charge in [-0.15, -0.1) is 0 Å². The van der Waals surface area contributed by atoms with Crippen molar-refractivity contribution in [3.05, 3.63) is 82.9 Å². The number of carbonyl (C=O) groups excluding carboxylic acids is 1. The topological polar surface area (TPSA) is 35.5 Å². The maximum atomic E-state index is 12.7. The molecule has 3 rings (SSSR count). The lowest BCUT2D eigenvalue weighted by Crippen LogP contribution is -2.37. The van der Waals surface area contributed by atoms with Crippen LogP contribution in [0.25, 0.3) is 0 Å². The van der Waals surface area contributed by atoms with Crippen molar-refractivity contribution in [1.29, 1.82) is 0 Å². The van der Waals surface area contributed by atoms with E-state index >= 15 is 0 Å². The second kappa shape index (κ2) is 8.73. The molecule has 0 unspecified atom stereocenters. The Morgan fingerprint density at radius 1 is 1.07 bits per heavy atom. The molecule has 4 atom stereocenters. The summed E-state index contributed by atoms with van der Waals surface area (Å²) in [5.74, 6) is -0.551. The fourth-order valence-corrected chi connectivity index (χ4v) is 3.84. The smallest absolute Gasteiger partial charge is 0.311 e. The normalized spacial score (nSPS) is 25.0. The predicted molar refractivity (Wildman–Crippen MR) is 108 cm³/mol. The summed E-state index contributed by atoms with van der Waals surface area (Å²) in [6, 6.07) is 17.6. The number of esters is 1. The van der Waals surface area contributed by atoms with Crippen LogP contribution in [0.3, 0.4) is 0 Å². The van der Waals surface area contributed by atoms with Crippen LogP contribution in [0.1, 0.15) is 43.6 Å². The molecule has 0 bridgehead atoms. The Balaban J connectivity index is 1.99. The van der Waals surface area contributed by atoms with E-state index in [9.17, 15) is 4.79 Å². The molecule has 0 radical (unpaired) electrons. The van der Waals surface area contributed by atoms with Gasteiger partial charge >= 0.3 is 5.97 Å². The molecule has 0 spiro atoms. The van der Waals surface area contributed by atoms with Gasteiger partial charge in [0, 0.05) is 10.9 Å². The second-order valence-electron chi connectivity index (χ2n) is 6.99. The summed E-state index contributed by atoms with van der Waals surface area (Å²) < 4.78 is 11.9. The van der Waals surface area contributed by atoms with E-state index < -0.39 is 0 Å². The Morgan fingerprint density at radius 3 is 2.26 bits per heavy atom. The molecular formula is C23H25ClO3. The van der Waals surface area contributed by atoms with Crippen molar-refractivity contribution < 1.29 is 14.3 Å². The van der Waals surface area contributed by atoms with E-state index in [0.29, 0.717) is 18.1 Å². The summed E-state index contributed by atoms with van der Waals surface area (Å²) in [7, 11) is 0. The third-order valence-corrected chi connectivity index (χ3v) is 5.33. The Hall–Kier alpha value is -2.10. The highest BCUT2D eigenvalue weighted by molar-refractivity contribution is 6.30. The van der Waals surface area contributed by atoms with Gasteiger partial charge in [-0.2, -0.15) is 0 Å². The molecule has 0 amide bonds. The van der Waals surface area contributed by atoms with Crippen LogP contribution in [0.4, 0.5) is 0 Å². The first-order valence-electron chi connectivity index (χ1n) is 9.29. The average Bonchev–Trinajstić information content (AvgIpc) is 2.68. The molecule has 0 aromatic heterocycles.